The molecule has 0 saturated carbocycles. The van der Waals surface area contributed by atoms with Crippen LogP contribution in [0.2, 0.25) is 0 Å². The van der Waals surface area contributed by atoms with Gasteiger partial charge in [-0.25, -0.2) is 0 Å². The van der Waals surface area contributed by atoms with Crippen LogP contribution < -0.4 is 10.3 Å². The third-order valence-electron chi connectivity index (χ3n) is 2.63. The Morgan fingerprint density at radius 3 is 2.44 bits per heavy atom. The molecule has 0 spiro atoms. The zero-order chi connectivity index (χ0) is 13.3. The van der Waals surface area contributed by atoms with Gasteiger partial charge >= 0.3 is 6.98 Å². The first-order valence-corrected chi connectivity index (χ1v) is 5.30. The number of aryl methyl sites for hydroxylation is 1. The Labute approximate surface area is 102 Å². The quantitative estimate of drug-likeness (QED) is 0.785. The van der Waals surface area contributed by atoms with Gasteiger partial charge in [-0.2, -0.15) is 5.10 Å². The van der Waals surface area contributed by atoms with Gasteiger partial charge in [-0.15, -0.1) is 0 Å². The molecule has 1 aromatic carbocycles. The molecular weight excluding hydrogens is 244 g/mol. The van der Waals surface area contributed by atoms with E-state index in [4.69, 9.17) is 4.74 Å². The molecule has 0 aliphatic carbocycles. The molecule has 3 nitrogen and oxygen atoms in total. The average molecular weight is 255 g/mol. The van der Waals surface area contributed by atoms with E-state index < -0.39 is 12.6 Å². The van der Waals surface area contributed by atoms with Crippen molar-refractivity contribution in [3.63, 3.8) is 0 Å². The number of para-hydroxylation sites is 1. The molecule has 18 heavy (non-hydrogen) atoms. The fourth-order valence-electron chi connectivity index (χ4n) is 1.78. The summed E-state index contributed by atoms with van der Waals surface area (Å²) in [5, 5.41) is 3.89. The van der Waals surface area contributed by atoms with Crippen molar-refractivity contribution >= 4 is 12.6 Å². The number of methoxy groups -OCH3 is 1. The molecule has 96 valence electrons. The number of aromatic nitrogens is 2. The molecule has 0 fully saturated rings. The standard InChI is InChI=1S/C11H11BF3N2O/c1-17-11(12(13,14)15)7-9(16-17)8-5-3-4-6-10(8)18-2/h3-7H,1-2H3/q-1. The first-order chi connectivity index (χ1) is 8.43. The van der Waals surface area contributed by atoms with Gasteiger partial charge in [-0.3, -0.25) is 0 Å². The van der Waals surface area contributed by atoms with Crippen LogP contribution in [-0.4, -0.2) is 23.9 Å². The molecule has 0 unspecified atom stereocenters. The SMILES string of the molecule is COc1ccccc1-c1cc([B-](F)(F)F)n(C)n1. The lowest BCUT2D eigenvalue weighted by Gasteiger charge is -2.13. The van der Waals surface area contributed by atoms with E-state index in [1.807, 2.05) is 0 Å². The summed E-state index contributed by atoms with van der Waals surface area (Å²) < 4.78 is 44.1. The van der Waals surface area contributed by atoms with Crippen LogP contribution in [0.15, 0.2) is 30.3 Å². The van der Waals surface area contributed by atoms with E-state index in [-0.39, 0.29) is 5.69 Å². The molecule has 0 aliphatic rings. The van der Waals surface area contributed by atoms with E-state index in [2.05, 4.69) is 5.10 Å². The predicted octanol–water partition coefficient (Wildman–Crippen LogP) is 2.15. The number of benzene rings is 1. The number of halogens is 3. The summed E-state index contributed by atoms with van der Waals surface area (Å²) in [6, 6.07) is 7.87. The van der Waals surface area contributed by atoms with E-state index in [0.29, 0.717) is 11.3 Å². The highest BCUT2D eigenvalue weighted by molar-refractivity contribution is 6.72. The molecule has 0 N–H and O–H groups in total. The summed E-state index contributed by atoms with van der Waals surface area (Å²) in [6.45, 7) is -5.06. The molecule has 1 heterocycles. The molecule has 2 rings (SSSR count). The highest BCUT2D eigenvalue weighted by Gasteiger charge is 2.30. The lowest BCUT2D eigenvalue weighted by Crippen LogP contribution is -2.39. The first kappa shape index (κ1) is 12.5. The van der Waals surface area contributed by atoms with Crippen molar-refractivity contribution in [2.24, 2.45) is 7.05 Å². The number of hydrogen-bond donors (Lipinski definition) is 0. The minimum Gasteiger partial charge on any atom is -0.496 e. The van der Waals surface area contributed by atoms with Gasteiger partial charge in [0.25, 0.3) is 0 Å². The summed E-state index contributed by atoms with van der Waals surface area (Å²) in [5.74, 6) is 0.497. The van der Waals surface area contributed by atoms with Crippen molar-refractivity contribution < 1.29 is 17.7 Å². The maximum absolute atomic E-state index is 12.7. The van der Waals surface area contributed by atoms with Crippen LogP contribution in [-0.2, 0) is 7.05 Å². The molecule has 0 atom stereocenters. The Kier molecular flexibility index (Phi) is 3.06. The van der Waals surface area contributed by atoms with Crippen molar-refractivity contribution in [1.82, 2.24) is 9.78 Å². The lowest BCUT2D eigenvalue weighted by atomic mass is 9.85. The predicted molar refractivity (Wildman–Crippen MR) is 63.9 cm³/mol. The van der Waals surface area contributed by atoms with Crippen LogP contribution in [0.25, 0.3) is 11.3 Å². The van der Waals surface area contributed by atoms with Crippen molar-refractivity contribution in [1.29, 1.82) is 0 Å². The second-order valence-corrected chi connectivity index (χ2v) is 3.85. The molecule has 0 radical (unpaired) electrons. The molecule has 0 amide bonds. The fourth-order valence-corrected chi connectivity index (χ4v) is 1.78. The fraction of sp³-hybridized carbons (Fsp3) is 0.182. The average Bonchev–Trinajstić information content (AvgIpc) is 2.71. The Morgan fingerprint density at radius 1 is 1.22 bits per heavy atom. The lowest BCUT2D eigenvalue weighted by molar-refractivity contribution is 0.416. The molecule has 0 saturated heterocycles. The van der Waals surface area contributed by atoms with Crippen LogP contribution >= 0.6 is 0 Å². The molecular formula is C11H11BF3N2O-. The number of rotatable bonds is 3. The molecule has 1 aromatic heterocycles. The summed E-state index contributed by atoms with van der Waals surface area (Å²) >= 11 is 0. The smallest absolute Gasteiger partial charge is 0.496 e. The number of nitrogens with zero attached hydrogens (tertiary/aromatic N) is 2. The van der Waals surface area contributed by atoms with Gasteiger partial charge in [0.05, 0.1) is 12.8 Å². The third kappa shape index (κ3) is 2.20. The highest BCUT2D eigenvalue weighted by atomic mass is 19.4. The minimum atomic E-state index is -5.06. The van der Waals surface area contributed by atoms with Crippen LogP contribution in [0.1, 0.15) is 0 Å². The Balaban J connectivity index is 2.53. The van der Waals surface area contributed by atoms with Crippen LogP contribution in [0.3, 0.4) is 0 Å². The van der Waals surface area contributed by atoms with Crippen molar-refractivity contribution in [3.8, 4) is 17.0 Å². The van der Waals surface area contributed by atoms with E-state index in [9.17, 15) is 12.9 Å². The Hall–Kier alpha value is -1.92. The monoisotopic (exact) mass is 255 g/mol. The van der Waals surface area contributed by atoms with Crippen LogP contribution in [0.5, 0.6) is 5.75 Å². The molecule has 2 aromatic rings. The van der Waals surface area contributed by atoms with E-state index in [1.54, 1.807) is 24.3 Å². The third-order valence-corrected chi connectivity index (χ3v) is 2.63. The Bertz CT molecular complexity index is 566. The van der Waals surface area contributed by atoms with Gasteiger partial charge in [0.1, 0.15) is 5.75 Å². The first-order valence-electron chi connectivity index (χ1n) is 5.30. The molecule has 0 aliphatic heterocycles. The maximum Gasteiger partial charge on any atom is 0.527 e. The van der Waals surface area contributed by atoms with Gasteiger partial charge < -0.3 is 22.4 Å². The molecule has 7 heteroatoms. The zero-order valence-corrected chi connectivity index (χ0v) is 9.90. The van der Waals surface area contributed by atoms with Gasteiger partial charge in [0.2, 0.25) is 0 Å². The minimum absolute atomic E-state index is 0.254. The summed E-state index contributed by atoms with van der Waals surface area (Å²) in [7, 11) is 2.75. The second kappa shape index (κ2) is 4.40. The highest BCUT2D eigenvalue weighted by Crippen LogP contribution is 2.28. The number of hydrogen-bond acceptors (Lipinski definition) is 2. The van der Waals surface area contributed by atoms with Gasteiger partial charge in [0.15, 0.2) is 0 Å². The summed E-state index contributed by atoms with van der Waals surface area (Å²) in [6.07, 6.45) is 0. The van der Waals surface area contributed by atoms with E-state index in [1.165, 1.54) is 14.2 Å². The molecule has 0 bridgehead atoms. The van der Waals surface area contributed by atoms with Crippen molar-refractivity contribution in [2.45, 2.75) is 0 Å². The van der Waals surface area contributed by atoms with Gasteiger partial charge in [0, 0.05) is 12.6 Å². The van der Waals surface area contributed by atoms with Gasteiger partial charge in [-0.1, -0.05) is 12.1 Å². The van der Waals surface area contributed by atoms with E-state index >= 15 is 0 Å². The number of ether oxygens (including phenoxy) is 1. The summed E-state index contributed by atoms with van der Waals surface area (Å²) in [4.78, 5) is 0. The second-order valence-electron chi connectivity index (χ2n) is 3.85. The van der Waals surface area contributed by atoms with Crippen molar-refractivity contribution in [3.05, 3.63) is 30.3 Å². The van der Waals surface area contributed by atoms with Crippen molar-refractivity contribution in [2.75, 3.05) is 7.11 Å². The van der Waals surface area contributed by atoms with Gasteiger partial charge in [-0.05, 0) is 23.8 Å². The van der Waals surface area contributed by atoms with E-state index in [0.717, 1.165) is 10.7 Å². The summed E-state index contributed by atoms with van der Waals surface area (Å²) in [5.41, 5.74) is 0.0713. The maximum atomic E-state index is 12.7. The topological polar surface area (TPSA) is 27.1 Å². The van der Waals surface area contributed by atoms with Crippen LogP contribution in [0, 0.1) is 0 Å². The Morgan fingerprint density at radius 2 is 1.89 bits per heavy atom. The van der Waals surface area contributed by atoms with Crippen LogP contribution in [0.4, 0.5) is 12.9 Å². The normalized spacial score (nSPS) is 11.6. The zero-order valence-electron chi connectivity index (χ0n) is 9.90. The largest absolute Gasteiger partial charge is 0.527 e.